The standard InChI is InChI=1S/C16H22N4O/c1-12-6-4-5-7-14(12)11-18-15-10-13(2)19-16(20-15)17-8-9-21-3/h4-7,10H,8-9,11H2,1-3H3,(H2,17,18,19,20). The van der Waals surface area contributed by atoms with Gasteiger partial charge in [-0.05, 0) is 25.0 Å². The van der Waals surface area contributed by atoms with Crippen LogP contribution in [-0.2, 0) is 11.3 Å². The molecule has 0 spiro atoms. The number of aryl methyl sites for hydroxylation is 2. The van der Waals surface area contributed by atoms with Crippen LogP contribution < -0.4 is 10.6 Å². The summed E-state index contributed by atoms with van der Waals surface area (Å²) in [5, 5.41) is 6.50. The number of ether oxygens (including phenoxy) is 1. The zero-order chi connectivity index (χ0) is 15.1. The van der Waals surface area contributed by atoms with Crippen molar-refractivity contribution < 1.29 is 4.74 Å². The number of rotatable bonds is 7. The molecule has 5 heteroatoms. The molecule has 1 aromatic heterocycles. The van der Waals surface area contributed by atoms with Crippen molar-refractivity contribution in [3.8, 4) is 0 Å². The largest absolute Gasteiger partial charge is 0.383 e. The minimum atomic E-state index is 0.624. The Morgan fingerprint density at radius 1 is 1.10 bits per heavy atom. The molecule has 112 valence electrons. The van der Waals surface area contributed by atoms with Crippen LogP contribution in [0.5, 0.6) is 0 Å². The Hall–Kier alpha value is -2.14. The number of hydrogen-bond acceptors (Lipinski definition) is 5. The molecule has 0 unspecified atom stereocenters. The highest BCUT2D eigenvalue weighted by molar-refractivity contribution is 5.43. The third-order valence-corrected chi connectivity index (χ3v) is 3.16. The average Bonchev–Trinajstić information content (AvgIpc) is 2.46. The van der Waals surface area contributed by atoms with E-state index in [0.717, 1.165) is 18.1 Å². The molecular weight excluding hydrogens is 264 g/mol. The number of nitrogens with zero attached hydrogens (tertiary/aromatic N) is 2. The second kappa shape index (κ2) is 7.59. The summed E-state index contributed by atoms with van der Waals surface area (Å²) in [5.74, 6) is 1.45. The van der Waals surface area contributed by atoms with E-state index in [2.05, 4.69) is 39.7 Å². The molecule has 0 atom stereocenters. The Bertz CT molecular complexity index is 586. The van der Waals surface area contributed by atoms with E-state index >= 15 is 0 Å². The van der Waals surface area contributed by atoms with E-state index in [9.17, 15) is 0 Å². The number of nitrogens with one attached hydrogen (secondary N) is 2. The monoisotopic (exact) mass is 286 g/mol. The normalized spacial score (nSPS) is 10.4. The predicted molar refractivity (Wildman–Crippen MR) is 85.6 cm³/mol. The Kier molecular flexibility index (Phi) is 5.51. The highest BCUT2D eigenvalue weighted by atomic mass is 16.5. The molecule has 2 aromatic rings. The van der Waals surface area contributed by atoms with Gasteiger partial charge in [-0.3, -0.25) is 0 Å². The molecule has 0 saturated heterocycles. The second-order valence-corrected chi connectivity index (χ2v) is 4.92. The van der Waals surface area contributed by atoms with Crippen molar-refractivity contribution in [3.63, 3.8) is 0 Å². The minimum absolute atomic E-state index is 0.624. The summed E-state index contributed by atoms with van der Waals surface area (Å²) in [6.07, 6.45) is 0. The van der Waals surface area contributed by atoms with Crippen molar-refractivity contribution in [1.82, 2.24) is 9.97 Å². The first-order valence-corrected chi connectivity index (χ1v) is 7.06. The van der Waals surface area contributed by atoms with Gasteiger partial charge in [0.1, 0.15) is 5.82 Å². The van der Waals surface area contributed by atoms with Crippen LogP contribution in [0.1, 0.15) is 16.8 Å². The van der Waals surface area contributed by atoms with Crippen LogP contribution in [0.25, 0.3) is 0 Å². The van der Waals surface area contributed by atoms with E-state index in [1.165, 1.54) is 11.1 Å². The van der Waals surface area contributed by atoms with Gasteiger partial charge in [0.05, 0.1) is 6.61 Å². The van der Waals surface area contributed by atoms with E-state index < -0.39 is 0 Å². The lowest BCUT2D eigenvalue weighted by Crippen LogP contribution is -2.12. The van der Waals surface area contributed by atoms with Gasteiger partial charge in [0.15, 0.2) is 0 Å². The molecule has 0 aliphatic heterocycles. The van der Waals surface area contributed by atoms with E-state index in [1.54, 1.807) is 7.11 Å². The summed E-state index contributed by atoms with van der Waals surface area (Å²) in [6, 6.07) is 10.3. The fourth-order valence-electron chi connectivity index (χ4n) is 2.00. The Labute approximate surface area is 125 Å². The first-order valence-electron chi connectivity index (χ1n) is 7.06. The Balaban J connectivity index is 2.01. The molecule has 0 aliphatic rings. The lowest BCUT2D eigenvalue weighted by molar-refractivity contribution is 0.210. The number of aromatic nitrogens is 2. The highest BCUT2D eigenvalue weighted by Gasteiger charge is 2.03. The Morgan fingerprint density at radius 2 is 1.90 bits per heavy atom. The van der Waals surface area contributed by atoms with Gasteiger partial charge in [0, 0.05) is 32.0 Å². The number of hydrogen-bond donors (Lipinski definition) is 2. The van der Waals surface area contributed by atoms with Crippen molar-refractivity contribution in [3.05, 3.63) is 47.2 Å². The maximum Gasteiger partial charge on any atom is 0.224 e. The molecular formula is C16H22N4O. The van der Waals surface area contributed by atoms with Gasteiger partial charge >= 0.3 is 0 Å². The van der Waals surface area contributed by atoms with Crippen molar-refractivity contribution in [2.24, 2.45) is 0 Å². The van der Waals surface area contributed by atoms with Gasteiger partial charge in [-0.2, -0.15) is 4.98 Å². The third-order valence-electron chi connectivity index (χ3n) is 3.16. The van der Waals surface area contributed by atoms with Crippen molar-refractivity contribution >= 4 is 11.8 Å². The lowest BCUT2D eigenvalue weighted by Gasteiger charge is -2.11. The molecule has 5 nitrogen and oxygen atoms in total. The summed E-state index contributed by atoms with van der Waals surface area (Å²) in [6.45, 7) is 6.14. The average molecular weight is 286 g/mol. The maximum absolute atomic E-state index is 5.01. The van der Waals surface area contributed by atoms with Gasteiger partial charge in [0.25, 0.3) is 0 Å². The van der Waals surface area contributed by atoms with E-state index in [1.807, 2.05) is 25.1 Å². The molecule has 1 aromatic carbocycles. The molecule has 0 amide bonds. The first kappa shape index (κ1) is 15.3. The zero-order valence-corrected chi connectivity index (χ0v) is 12.8. The molecule has 0 radical (unpaired) electrons. The molecule has 0 aliphatic carbocycles. The van der Waals surface area contributed by atoms with Crippen LogP contribution in [0.4, 0.5) is 11.8 Å². The van der Waals surface area contributed by atoms with Crippen LogP contribution in [0.3, 0.4) is 0 Å². The maximum atomic E-state index is 5.01. The Morgan fingerprint density at radius 3 is 2.67 bits per heavy atom. The van der Waals surface area contributed by atoms with E-state index in [-0.39, 0.29) is 0 Å². The van der Waals surface area contributed by atoms with Crippen LogP contribution >= 0.6 is 0 Å². The topological polar surface area (TPSA) is 59.1 Å². The second-order valence-electron chi connectivity index (χ2n) is 4.92. The molecule has 0 fully saturated rings. The summed E-state index contributed by atoms with van der Waals surface area (Å²) in [4.78, 5) is 8.82. The van der Waals surface area contributed by atoms with E-state index in [0.29, 0.717) is 19.1 Å². The summed E-state index contributed by atoms with van der Waals surface area (Å²) < 4.78 is 5.01. The van der Waals surface area contributed by atoms with Crippen LogP contribution in [0, 0.1) is 13.8 Å². The number of anilines is 2. The zero-order valence-electron chi connectivity index (χ0n) is 12.8. The fourth-order valence-corrected chi connectivity index (χ4v) is 2.00. The predicted octanol–water partition coefficient (Wildman–Crippen LogP) is 2.76. The van der Waals surface area contributed by atoms with Crippen LogP contribution in [0.15, 0.2) is 30.3 Å². The quantitative estimate of drug-likeness (QED) is 0.766. The molecule has 2 rings (SSSR count). The lowest BCUT2D eigenvalue weighted by atomic mass is 10.1. The molecule has 2 N–H and O–H groups in total. The van der Waals surface area contributed by atoms with Crippen molar-refractivity contribution in [1.29, 1.82) is 0 Å². The first-order chi connectivity index (χ1) is 10.2. The number of benzene rings is 1. The fraction of sp³-hybridized carbons (Fsp3) is 0.375. The van der Waals surface area contributed by atoms with E-state index in [4.69, 9.17) is 4.74 Å². The summed E-state index contributed by atoms with van der Waals surface area (Å²) >= 11 is 0. The number of methoxy groups -OCH3 is 1. The summed E-state index contributed by atoms with van der Waals surface area (Å²) in [5.41, 5.74) is 3.47. The smallest absolute Gasteiger partial charge is 0.224 e. The van der Waals surface area contributed by atoms with Crippen LogP contribution in [-0.4, -0.2) is 30.2 Å². The molecule has 0 bridgehead atoms. The van der Waals surface area contributed by atoms with Gasteiger partial charge in [-0.1, -0.05) is 24.3 Å². The summed E-state index contributed by atoms with van der Waals surface area (Å²) in [7, 11) is 1.67. The van der Waals surface area contributed by atoms with Crippen molar-refractivity contribution in [2.75, 3.05) is 30.9 Å². The van der Waals surface area contributed by atoms with Gasteiger partial charge in [-0.15, -0.1) is 0 Å². The molecule has 1 heterocycles. The van der Waals surface area contributed by atoms with Gasteiger partial charge in [0.2, 0.25) is 5.95 Å². The SMILES string of the molecule is COCCNc1nc(C)cc(NCc2ccccc2C)n1. The van der Waals surface area contributed by atoms with Gasteiger partial charge < -0.3 is 15.4 Å². The third kappa shape index (κ3) is 4.72. The molecule has 21 heavy (non-hydrogen) atoms. The van der Waals surface area contributed by atoms with Gasteiger partial charge in [-0.25, -0.2) is 4.98 Å². The minimum Gasteiger partial charge on any atom is -0.383 e. The van der Waals surface area contributed by atoms with Crippen LogP contribution in [0.2, 0.25) is 0 Å². The van der Waals surface area contributed by atoms with Crippen molar-refractivity contribution in [2.45, 2.75) is 20.4 Å². The molecule has 0 saturated carbocycles. The highest BCUT2D eigenvalue weighted by Crippen LogP contribution is 2.13.